The van der Waals surface area contributed by atoms with Gasteiger partial charge in [-0.3, -0.25) is 4.79 Å². The zero-order valence-corrected chi connectivity index (χ0v) is 10.2. The quantitative estimate of drug-likeness (QED) is 0.590. The van der Waals surface area contributed by atoms with E-state index in [1.54, 1.807) is 0 Å². The standard InChI is InChI=1S/C12H10O7/c1-16-11(14)8-7-3-6(4-13)10(19-5-18-7)9(8)12(15)17-2/h3-4H,5H2,1-2H3. The summed E-state index contributed by atoms with van der Waals surface area (Å²) in [6, 6.07) is 1.31. The lowest BCUT2D eigenvalue weighted by Crippen LogP contribution is -2.13. The maximum absolute atomic E-state index is 11.8. The second-order valence-corrected chi connectivity index (χ2v) is 3.55. The van der Waals surface area contributed by atoms with E-state index in [0.717, 1.165) is 7.11 Å². The third-order valence-electron chi connectivity index (χ3n) is 2.60. The summed E-state index contributed by atoms with van der Waals surface area (Å²) in [5.41, 5.74) is -0.195. The van der Waals surface area contributed by atoms with Crippen molar-refractivity contribution in [2.24, 2.45) is 0 Å². The van der Waals surface area contributed by atoms with E-state index in [4.69, 9.17) is 9.47 Å². The Labute approximate surface area is 108 Å². The van der Waals surface area contributed by atoms with Crippen LogP contribution < -0.4 is 9.47 Å². The number of methoxy groups -OCH3 is 2. The Bertz CT molecular complexity index is 562. The Morgan fingerprint density at radius 3 is 2.37 bits per heavy atom. The summed E-state index contributed by atoms with van der Waals surface area (Å²) in [5.74, 6) is -1.61. The molecule has 0 aromatic heterocycles. The number of aldehydes is 1. The number of hydrogen-bond acceptors (Lipinski definition) is 7. The van der Waals surface area contributed by atoms with Crippen molar-refractivity contribution < 1.29 is 33.3 Å². The number of ether oxygens (including phenoxy) is 4. The SMILES string of the molecule is COC(=O)c1c2cc(C=O)c(c1C(=O)OC)OCO2. The van der Waals surface area contributed by atoms with Crippen LogP contribution in [0.4, 0.5) is 0 Å². The number of esters is 2. The van der Waals surface area contributed by atoms with Gasteiger partial charge in [0.25, 0.3) is 0 Å². The summed E-state index contributed by atoms with van der Waals surface area (Å²) >= 11 is 0. The highest BCUT2D eigenvalue weighted by Crippen LogP contribution is 2.37. The van der Waals surface area contributed by atoms with Crippen molar-refractivity contribution in [3.05, 3.63) is 22.8 Å². The first-order valence-electron chi connectivity index (χ1n) is 5.22. The maximum atomic E-state index is 11.8. The molecular formula is C12H10O7. The van der Waals surface area contributed by atoms with Crippen LogP contribution in [0.2, 0.25) is 0 Å². The summed E-state index contributed by atoms with van der Waals surface area (Å²) in [6.45, 7) is -0.223. The second kappa shape index (κ2) is 4.97. The molecule has 0 saturated carbocycles. The molecule has 7 nitrogen and oxygen atoms in total. The summed E-state index contributed by atoms with van der Waals surface area (Å²) < 4.78 is 19.5. The molecule has 2 bridgehead atoms. The van der Waals surface area contributed by atoms with Gasteiger partial charge in [0.05, 0.1) is 19.8 Å². The van der Waals surface area contributed by atoms with Crippen molar-refractivity contribution in [1.82, 2.24) is 0 Å². The van der Waals surface area contributed by atoms with Crippen LogP contribution in [0.25, 0.3) is 0 Å². The predicted octanol–water partition coefficient (Wildman–Crippen LogP) is 0.801. The van der Waals surface area contributed by atoms with Crippen molar-refractivity contribution in [3.63, 3.8) is 0 Å². The van der Waals surface area contributed by atoms with Crippen molar-refractivity contribution in [1.29, 1.82) is 0 Å². The number of carbonyl (C=O) groups excluding carboxylic acids is 3. The molecule has 7 heteroatoms. The molecule has 1 aromatic carbocycles. The molecule has 0 aliphatic carbocycles. The maximum Gasteiger partial charge on any atom is 0.342 e. The van der Waals surface area contributed by atoms with E-state index in [1.165, 1.54) is 13.2 Å². The van der Waals surface area contributed by atoms with E-state index in [0.29, 0.717) is 6.29 Å². The molecule has 0 amide bonds. The third kappa shape index (κ3) is 1.99. The highest BCUT2D eigenvalue weighted by molar-refractivity contribution is 6.09. The van der Waals surface area contributed by atoms with Gasteiger partial charge in [-0.05, 0) is 6.07 Å². The van der Waals surface area contributed by atoms with Crippen LogP contribution in [-0.2, 0) is 9.47 Å². The molecule has 0 atom stereocenters. The largest absolute Gasteiger partial charge is 0.465 e. The van der Waals surface area contributed by atoms with E-state index in [9.17, 15) is 14.4 Å². The monoisotopic (exact) mass is 266 g/mol. The van der Waals surface area contributed by atoms with Gasteiger partial charge in [-0.2, -0.15) is 0 Å². The first-order chi connectivity index (χ1) is 9.13. The lowest BCUT2D eigenvalue weighted by molar-refractivity contribution is 0.0552. The lowest BCUT2D eigenvalue weighted by Gasteiger charge is -2.11. The molecule has 100 valence electrons. The van der Waals surface area contributed by atoms with Crippen molar-refractivity contribution in [2.45, 2.75) is 0 Å². The summed E-state index contributed by atoms with van der Waals surface area (Å²) in [7, 11) is 2.32. The Balaban J connectivity index is 2.79. The van der Waals surface area contributed by atoms with Crippen LogP contribution in [-0.4, -0.2) is 39.2 Å². The van der Waals surface area contributed by atoms with E-state index in [2.05, 4.69) is 9.47 Å². The van der Waals surface area contributed by atoms with Gasteiger partial charge >= 0.3 is 11.9 Å². The van der Waals surface area contributed by atoms with Gasteiger partial charge in [0.1, 0.15) is 22.6 Å². The minimum Gasteiger partial charge on any atom is -0.465 e. The van der Waals surface area contributed by atoms with Crippen molar-refractivity contribution in [2.75, 3.05) is 21.0 Å². The van der Waals surface area contributed by atoms with Crippen molar-refractivity contribution >= 4 is 18.2 Å². The molecule has 1 aromatic rings. The van der Waals surface area contributed by atoms with Crippen LogP contribution in [0.5, 0.6) is 11.5 Å². The van der Waals surface area contributed by atoms with Gasteiger partial charge in [-0.15, -0.1) is 0 Å². The van der Waals surface area contributed by atoms with E-state index >= 15 is 0 Å². The Morgan fingerprint density at radius 2 is 1.79 bits per heavy atom. The Hall–Kier alpha value is -2.57. The van der Waals surface area contributed by atoms with Gasteiger partial charge in [0.15, 0.2) is 6.29 Å². The zero-order valence-electron chi connectivity index (χ0n) is 10.2. The van der Waals surface area contributed by atoms with Gasteiger partial charge in [-0.1, -0.05) is 0 Å². The molecule has 0 unspecified atom stereocenters. The average Bonchev–Trinajstić information content (AvgIpc) is 2.76. The molecule has 2 aliphatic rings. The van der Waals surface area contributed by atoms with E-state index < -0.39 is 11.9 Å². The normalized spacial score (nSPS) is 11.9. The topological polar surface area (TPSA) is 88.1 Å². The average molecular weight is 266 g/mol. The van der Waals surface area contributed by atoms with Crippen LogP contribution >= 0.6 is 0 Å². The molecule has 0 N–H and O–H groups in total. The smallest absolute Gasteiger partial charge is 0.342 e. The van der Waals surface area contributed by atoms with Crippen LogP contribution in [0, 0.1) is 0 Å². The van der Waals surface area contributed by atoms with Gasteiger partial charge in [-0.25, -0.2) is 9.59 Å². The fourth-order valence-electron chi connectivity index (χ4n) is 1.77. The molecule has 2 aliphatic heterocycles. The Morgan fingerprint density at radius 1 is 1.16 bits per heavy atom. The minimum atomic E-state index is -0.814. The van der Waals surface area contributed by atoms with Crippen molar-refractivity contribution in [3.8, 4) is 11.5 Å². The molecule has 0 spiro atoms. The van der Waals surface area contributed by atoms with Crippen LogP contribution in [0.15, 0.2) is 6.07 Å². The first-order valence-corrected chi connectivity index (χ1v) is 5.22. The zero-order chi connectivity index (χ0) is 14.0. The summed E-state index contributed by atoms with van der Waals surface area (Å²) in [6.07, 6.45) is 0.501. The first kappa shape index (κ1) is 12.9. The second-order valence-electron chi connectivity index (χ2n) is 3.55. The number of carbonyl (C=O) groups is 3. The van der Waals surface area contributed by atoms with Gasteiger partial charge in [0.2, 0.25) is 6.79 Å². The molecule has 2 heterocycles. The van der Waals surface area contributed by atoms with E-state index in [-0.39, 0.29) is 35.0 Å². The number of benzene rings is 1. The van der Waals surface area contributed by atoms with Crippen LogP contribution in [0.1, 0.15) is 31.1 Å². The highest BCUT2D eigenvalue weighted by atomic mass is 16.7. The third-order valence-corrected chi connectivity index (χ3v) is 2.60. The fourth-order valence-corrected chi connectivity index (χ4v) is 1.77. The van der Waals surface area contributed by atoms with Gasteiger partial charge < -0.3 is 18.9 Å². The number of fused-ring (bicyclic) bond motifs is 4. The number of hydrogen-bond donors (Lipinski definition) is 0. The molecule has 19 heavy (non-hydrogen) atoms. The van der Waals surface area contributed by atoms with Gasteiger partial charge in [0, 0.05) is 0 Å². The lowest BCUT2D eigenvalue weighted by atomic mass is 10.0. The molecule has 0 radical (unpaired) electrons. The molecule has 3 rings (SSSR count). The van der Waals surface area contributed by atoms with Crippen LogP contribution in [0.3, 0.4) is 0 Å². The number of rotatable bonds is 3. The van der Waals surface area contributed by atoms with E-state index in [1.807, 2.05) is 0 Å². The summed E-state index contributed by atoms with van der Waals surface area (Å²) in [5, 5.41) is 0. The fraction of sp³-hybridized carbons (Fsp3) is 0.250. The molecule has 0 fully saturated rings. The molecular weight excluding hydrogens is 256 g/mol. The molecule has 0 saturated heterocycles. The highest BCUT2D eigenvalue weighted by Gasteiger charge is 2.32. The minimum absolute atomic E-state index is 0.0376. The predicted molar refractivity (Wildman–Crippen MR) is 60.6 cm³/mol. The summed E-state index contributed by atoms with van der Waals surface area (Å²) in [4.78, 5) is 34.5. The Kier molecular flexibility index (Phi) is 3.37.